The Hall–Kier alpha value is -2.06. The van der Waals surface area contributed by atoms with E-state index in [9.17, 15) is 14.3 Å². The summed E-state index contributed by atoms with van der Waals surface area (Å²) in [6.07, 6.45) is 56.5. The van der Waals surface area contributed by atoms with Crippen LogP contribution in [0.1, 0.15) is 187 Å². The summed E-state index contributed by atoms with van der Waals surface area (Å²) in [5.74, 6) is -0.329. The highest BCUT2D eigenvalue weighted by molar-refractivity contribution is 7.47. The molecule has 0 radical (unpaired) electrons. The fourth-order valence-corrected chi connectivity index (χ4v) is 7.06. The number of carbonyl (C=O) groups is 1. The van der Waals surface area contributed by atoms with Gasteiger partial charge in [0.05, 0.1) is 34.4 Å². The van der Waals surface area contributed by atoms with Crippen LogP contribution in [0.4, 0.5) is 0 Å². The van der Waals surface area contributed by atoms with Crippen LogP contribution in [-0.2, 0) is 27.9 Å². The first kappa shape index (κ1) is 57.9. The lowest BCUT2D eigenvalue weighted by Crippen LogP contribution is -2.37. The van der Waals surface area contributed by atoms with Gasteiger partial charge >= 0.3 is 13.8 Å². The average Bonchev–Trinajstić information content (AvgIpc) is 3.20. The molecule has 0 heterocycles. The summed E-state index contributed by atoms with van der Waals surface area (Å²) >= 11 is 0. The second-order valence-corrected chi connectivity index (χ2v) is 18.6. The molecule has 0 rings (SSSR count). The molecule has 8 nitrogen and oxygen atoms in total. The van der Waals surface area contributed by atoms with Crippen molar-refractivity contribution in [1.82, 2.24) is 0 Å². The van der Waals surface area contributed by atoms with Gasteiger partial charge in [-0.3, -0.25) is 13.8 Å². The van der Waals surface area contributed by atoms with Crippen LogP contribution in [-0.4, -0.2) is 75.6 Å². The summed E-state index contributed by atoms with van der Waals surface area (Å²) in [5.41, 5.74) is 0. The van der Waals surface area contributed by atoms with E-state index in [1.54, 1.807) is 0 Å². The molecule has 2 atom stereocenters. The number of phosphoric acid groups is 1. The van der Waals surface area contributed by atoms with E-state index in [1.165, 1.54) is 83.5 Å². The van der Waals surface area contributed by atoms with Gasteiger partial charge in [0.1, 0.15) is 19.3 Å². The van der Waals surface area contributed by atoms with Gasteiger partial charge in [0.15, 0.2) is 0 Å². The molecule has 1 N–H and O–H groups in total. The topological polar surface area (TPSA) is 91.3 Å². The van der Waals surface area contributed by atoms with E-state index in [0.717, 1.165) is 83.5 Å². The van der Waals surface area contributed by atoms with Gasteiger partial charge in [-0.15, -0.1) is 0 Å². The van der Waals surface area contributed by atoms with E-state index in [2.05, 4.69) is 86.8 Å². The largest absolute Gasteiger partial charge is 0.472 e. The van der Waals surface area contributed by atoms with E-state index in [0.29, 0.717) is 24.1 Å². The Kier molecular flexibility index (Phi) is 42.1. The van der Waals surface area contributed by atoms with Crippen molar-refractivity contribution in [1.29, 1.82) is 0 Å². The molecule has 0 aliphatic heterocycles. The summed E-state index contributed by atoms with van der Waals surface area (Å²) in [6.45, 7) is 5.49. The first-order chi connectivity index (χ1) is 29.1. The quantitative estimate of drug-likeness (QED) is 0.0214. The number of carbonyl (C=O) groups excluding carboxylic acids is 1. The van der Waals surface area contributed by atoms with Gasteiger partial charge in [-0.2, -0.15) is 0 Å². The number of nitrogens with zero attached hydrogens (tertiary/aromatic N) is 1. The molecular weight excluding hydrogens is 770 g/mol. The Labute approximate surface area is 370 Å². The average molecular weight is 863 g/mol. The van der Waals surface area contributed by atoms with E-state index < -0.39 is 13.9 Å². The molecule has 0 fully saturated rings. The van der Waals surface area contributed by atoms with Gasteiger partial charge in [0, 0.05) is 13.0 Å². The first-order valence-electron chi connectivity index (χ1n) is 24.2. The standard InChI is InChI=1S/C51H92NO7P/c1-6-8-10-12-14-16-18-20-21-22-23-24-25-26-27-28-29-30-31-32-34-36-38-40-42-44-51(53)59-50(49-58-60(54,55)57-47-45-52(3,4)5)48-56-46-43-41-39-37-35-33-19-17-15-13-11-9-7-2/h8,10,14,16,20-21,23-24,26-27,29-30,50H,6-7,9,11-13,15,17-19,22,25,28,31-49H2,1-5H3/p+1/b10-8-,16-14-,21-20-,24-23-,27-26-,30-29-. The third kappa shape index (κ3) is 47.0. The summed E-state index contributed by atoms with van der Waals surface area (Å²) in [7, 11) is 1.65. The monoisotopic (exact) mass is 863 g/mol. The zero-order chi connectivity index (χ0) is 44.1. The zero-order valence-corrected chi connectivity index (χ0v) is 40.3. The third-order valence-electron chi connectivity index (χ3n) is 10.0. The number of unbranched alkanes of at least 4 members (excludes halogenated alkanes) is 18. The highest BCUT2D eigenvalue weighted by Gasteiger charge is 2.26. The highest BCUT2D eigenvalue weighted by atomic mass is 31.2. The molecule has 9 heteroatoms. The van der Waals surface area contributed by atoms with Crippen LogP contribution in [0.2, 0.25) is 0 Å². The molecule has 0 aromatic rings. The number of hydrogen-bond donors (Lipinski definition) is 1. The lowest BCUT2D eigenvalue weighted by atomic mass is 10.0. The van der Waals surface area contributed by atoms with Crippen LogP contribution in [0.5, 0.6) is 0 Å². The zero-order valence-electron chi connectivity index (χ0n) is 39.4. The van der Waals surface area contributed by atoms with E-state index >= 15 is 0 Å². The van der Waals surface area contributed by atoms with Crippen LogP contribution < -0.4 is 0 Å². The van der Waals surface area contributed by atoms with Crippen LogP contribution in [0, 0.1) is 0 Å². The van der Waals surface area contributed by atoms with Crippen molar-refractivity contribution in [3.63, 3.8) is 0 Å². The molecule has 0 aliphatic carbocycles. The third-order valence-corrected chi connectivity index (χ3v) is 11.0. The number of hydrogen-bond acceptors (Lipinski definition) is 6. The molecule has 0 saturated carbocycles. The van der Waals surface area contributed by atoms with Crippen LogP contribution in [0.15, 0.2) is 72.9 Å². The van der Waals surface area contributed by atoms with Crippen molar-refractivity contribution in [2.24, 2.45) is 0 Å². The minimum absolute atomic E-state index is 0.0831. The number of likely N-dealkylation sites (N-methyl/N-ethyl adjacent to an activating group) is 1. The number of esters is 1. The van der Waals surface area contributed by atoms with Crippen LogP contribution in [0.3, 0.4) is 0 Å². The van der Waals surface area contributed by atoms with E-state index in [4.69, 9.17) is 18.5 Å². The normalized spacial score (nSPS) is 14.3. The summed E-state index contributed by atoms with van der Waals surface area (Å²) in [6, 6.07) is 0. The van der Waals surface area contributed by atoms with Crippen LogP contribution >= 0.6 is 7.82 Å². The second kappa shape index (κ2) is 43.6. The molecule has 0 aromatic carbocycles. The Morgan fingerprint density at radius 3 is 1.45 bits per heavy atom. The predicted octanol–water partition coefficient (Wildman–Crippen LogP) is 14.7. The molecule has 348 valence electrons. The van der Waals surface area contributed by atoms with Gasteiger partial charge in [-0.05, 0) is 64.2 Å². The summed E-state index contributed by atoms with van der Waals surface area (Å²) in [5, 5.41) is 0. The minimum atomic E-state index is -4.28. The SMILES string of the molecule is CC/C=C\C/C=C\C/C=C\C/C=C\C/C=C\C/C=C\CCCCCCCCC(=O)OC(COCCCCCCCCCCCCCCC)COP(=O)(O)OCC[N+](C)(C)C. The lowest BCUT2D eigenvalue weighted by molar-refractivity contribution is -0.870. The fraction of sp³-hybridized carbons (Fsp3) is 0.745. The van der Waals surface area contributed by atoms with Gasteiger partial charge in [-0.25, -0.2) is 4.57 Å². The molecular formula is C51H93NO7P+. The molecule has 2 unspecified atom stereocenters. The number of allylic oxidation sites excluding steroid dienone is 12. The maximum Gasteiger partial charge on any atom is 0.472 e. The number of rotatable bonds is 44. The van der Waals surface area contributed by atoms with Crippen LogP contribution in [0.25, 0.3) is 0 Å². The second-order valence-electron chi connectivity index (χ2n) is 17.1. The van der Waals surface area contributed by atoms with E-state index in [-0.39, 0.29) is 25.8 Å². The van der Waals surface area contributed by atoms with Crippen molar-refractivity contribution in [3.05, 3.63) is 72.9 Å². The van der Waals surface area contributed by atoms with Crippen molar-refractivity contribution in [2.75, 3.05) is 54.1 Å². The highest BCUT2D eigenvalue weighted by Crippen LogP contribution is 2.43. The molecule has 0 aromatic heterocycles. The lowest BCUT2D eigenvalue weighted by Gasteiger charge is -2.24. The van der Waals surface area contributed by atoms with Crippen molar-refractivity contribution in [2.45, 2.75) is 193 Å². The minimum Gasteiger partial charge on any atom is -0.457 e. The van der Waals surface area contributed by atoms with Gasteiger partial charge in [0.2, 0.25) is 0 Å². The molecule has 0 saturated heterocycles. The van der Waals surface area contributed by atoms with Gasteiger partial charge < -0.3 is 18.9 Å². The smallest absolute Gasteiger partial charge is 0.457 e. The molecule has 0 bridgehead atoms. The molecule has 0 aliphatic rings. The first-order valence-corrected chi connectivity index (χ1v) is 25.7. The molecule has 0 amide bonds. The maximum absolute atomic E-state index is 12.7. The summed E-state index contributed by atoms with van der Waals surface area (Å²) < 4.78 is 35.0. The van der Waals surface area contributed by atoms with Crippen molar-refractivity contribution in [3.8, 4) is 0 Å². The fourth-order valence-electron chi connectivity index (χ4n) is 6.32. The van der Waals surface area contributed by atoms with Crippen molar-refractivity contribution >= 4 is 13.8 Å². The molecule has 60 heavy (non-hydrogen) atoms. The Morgan fingerprint density at radius 1 is 0.533 bits per heavy atom. The number of phosphoric ester groups is 1. The Balaban J connectivity index is 4.20. The van der Waals surface area contributed by atoms with Gasteiger partial charge in [0.25, 0.3) is 0 Å². The Bertz CT molecular complexity index is 1190. The number of ether oxygens (including phenoxy) is 2. The number of quaternary nitrogens is 1. The van der Waals surface area contributed by atoms with E-state index in [1.807, 2.05) is 21.1 Å². The van der Waals surface area contributed by atoms with Crippen molar-refractivity contribution < 1.29 is 37.3 Å². The maximum atomic E-state index is 12.7. The predicted molar refractivity (Wildman–Crippen MR) is 256 cm³/mol. The van der Waals surface area contributed by atoms with Gasteiger partial charge in [-0.1, -0.05) is 189 Å². The Morgan fingerprint density at radius 2 is 0.967 bits per heavy atom. The summed E-state index contributed by atoms with van der Waals surface area (Å²) in [4.78, 5) is 22.9. The molecule has 0 spiro atoms.